The fraction of sp³-hybridized carbons (Fsp3) is 0.556. The van der Waals surface area contributed by atoms with E-state index in [0.717, 1.165) is 36.5 Å². The molecule has 1 aromatic heterocycles. The number of rotatable bonds is 2. The first-order valence-corrected chi connectivity index (χ1v) is 4.51. The van der Waals surface area contributed by atoms with Crippen LogP contribution in [0.25, 0.3) is 0 Å². The molecule has 1 aromatic rings. The van der Waals surface area contributed by atoms with Gasteiger partial charge >= 0.3 is 0 Å². The van der Waals surface area contributed by atoms with Crippen molar-refractivity contribution in [2.75, 3.05) is 13.2 Å². The Balaban J connectivity index is 2.24. The summed E-state index contributed by atoms with van der Waals surface area (Å²) in [6.07, 6.45) is 3.51. The molecule has 0 saturated carbocycles. The van der Waals surface area contributed by atoms with E-state index in [1.165, 1.54) is 0 Å². The molecule has 0 amide bonds. The van der Waals surface area contributed by atoms with Crippen molar-refractivity contribution in [1.82, 2.24) is 9.97 Å². The van der Waals surface area contributed by atoms with Gasteiger partial charge in [-0.05, 0) is 6.54 Å². The lowest BCUT2D eigenvalue weighted by Gasteiger charge is -2.15. The maximum atomic E-state index is 5.43. The molecule has 13 heavy (non-hydrogen) atoms. The number of fused-ring (bicyclic) bond motifs is 1. The molecule has 2 N–H and O–H groups in total. The van der Waals surface area contributed by atoms with Gasteiger partial charge in [0.15, 0.2) is 0 Å². The normalized spacial score (nSPS) is 15.5. The molecule has 4 heteroatoms. The van der Waals surface area contributed by atoms with Crippen LogP contribution in [0, 0.1) is 0 Å². The molecule has 1 aliphatic rings. The van der Waals surface area contributed by atoms with Gasteiger partial charge in [-0.25, -0.2) is 9.97 Å². The Morgan fingerprint density at radius 1 is 1.54 bits per heavy atom. The average Bonchev–Trinajstić information content (AvgIpc) is 2.18. The molecule has 1 aliphatic heterocycles. The summed E-state index contributed by atoms with van der Waals surface area (Å²) in [4.78, 5) is 8.64. The van der Waals surface area contributed by atoms with E-state index in [-0.39, 0.29) is 0 Å². The molecule has 0 saturated heterocycles. The SMILES string of the molecule is NCCc1ncc2c(n1)CCOC2. The molecular weight excluding hydrogens is 166 g/mol. The average molecular weight is 179 g/mol. The van der Waals surface area contributed by atoms with Crippen molar-refractivity contribution >= 4 is 0 Å². The second-order valence-corrected chi connectivity index (χ2v) is 3.10. The van der Waals surface area contributed by atoms with Gasteiger partial charge in [-0.3, -0.25) is 0 Å². The lowest BCUT2D eigenvalue weighted by Crippen LogP contribution is -2.15. The van der Waals surface area contributed by atoms with Crippen molar-refractivity contribution in [1.29, 1.82) is 0 Å². The molecule has 2 rings (SSSR count). The van der Waals surface area contributed by atoms with Crippen molar-refractivity contribution < 1.29 is 4.74 Å². The number of ether oxygens (including phenoxy) is 1. The maximum absolute atomic E-state index is 5.43. The Kier molecular flexibility index (Phi) is 2.52. The van der Waals surface area contributed by atoms with Gasteiger partial charge in [0.25, 0.3) is 0 Å². The molecule has 0 bridgehead atoms. The van der Waals surface area contributed by atoms with Crippen molar-refractivity contribution in [3.05, 3.63) is 23.3 Å². The highest BCUT2D eigenvalue weighted by Crippen LogP contribution is 2.13. The summed E-state index contributed by atoms with van der Waals surface area (Å²) < 4.78 is 5.29. The predicted molar refractivity (Wildman–Crippen MR) is 48.2 cm³/mol. The molecule has 0 aliphatic carbocycles. The Bertz CT molecular complexity index is 301. The first-order valence-electron chi connectivity index (χ1n) is 4.51. The van der Waals surface area contributed by atoms with Crippen LogP contribution in [0.15, 0.2) is 6.20 Å². The molecule has 0 fully saturated rings. The van der Waals surface area contributed by atoms with Crippen LogP contribution in [-0.2, 0) is 24.2 Å². The number of hydrogen-bond acceptors (Lipinski definition) is 4. The summed E-state index contributed by atoms with van der Waals surface area (Å²) in [7, 11) is 0. The highest BCUT2D eigenvalue weighted by atomic mass is 16.5. The monoisotopic (exact) mass is 179 g/mol. The summed E-state index contributed by atoms with van der Waals surface area (Å²) in [6, 6.07) is 0. The zero-order valence-electron chi connectivity index (χ0n) is 7.49. The van der Waals surface area contributed by atoms with Gasteiger partial charge in [0, 0.05) is 24.6 Å². The van der Waals surface area contributed by atoms with Crippen molar-refractivity contribution in [3.63, 3.8) is 0 Å². The van der Waals surface area contributed by atoms with Gasteiger partial charge in [0.2, 0.25) is 0 Å². The molecular formula is C9H13N3O. The predicted octanol–water partition coefficient (Wildman–Crippen LogP) is 0.0505. The zero-order chi connectivity index (χ0) is 9.10. The molecule has 0 aromatic carbocycles. The Hall–Kier alpha value is -1.00. The Labute approximate surface area is 77.1 Å². The van der Waals surface area contributed by atoms with Crippen LogP contribution in [0.3, 0.4) is 0 Å². The van der Waals surface area contributed by atoms with Crippen LogP contribution in [0.1, 0.15) is 17.1 Å². The number of nitrogens with two attached hydrogens (primary N) is 1. The lowest BCUT2D eigenvalue weighted by atomic mass is 10.1. The van der Waals surface area contributed by atoms with E-state index < -0.39 is 0 Å². The summed E-state index contributed by atoms with van der Waals surface area (Å²) in [5.74, 6) is 0.850. The van der Waals surface area contributed by atoms with E-state index in [1.54, 1.807) is 0 Å². The minimum absolute atomic E-state index is 0.606. The van der Waals surface area contributed by atoms with Crippen LogP contribution < -0.4 is 5.73 Å². The van der Waals surface area contributed by atoms with E-state index in [4.69, 9.17) is 10.5 Å². The standard InChI is InChI=1S/C9H13N3O/c10-3-1-9-11-5-7-6-13-4-2-8(7)12-9/h5H,1-4,6,10H2. The highest BCUT2D eigenvalue weighted by molar-refractivity contribution is 5.18. The third kappa shape index (κ3) is 1.84. The molecule has 0 atom stereocenters. The number of aromatic nitrogens is 2. The fourth-order valence-electron chi connectivity index (χ4n) is 1.42. The number of nitrogens with zero attached hydrogens (tertiary/aromatic N) is 2. The highest BCUT2D eigenvalue weighted by Gasteiger charge is 2.11. The third-order valence-corrected chi connectivity index (χ3v) is 2.11. The minimum Gasteiger partial charge on any atom is -0.376 e. The van der Waals surface area contributed by atoms with Gasteiger partial charge in [-0.15, -0.1) is 0 Å². The molecule has 4 nitrogen and oxygen atoms in total. The van der Waals surface area contributed by atoms with Gasteiger partial charge in [0.1, 0.15) is 5.82 Å². The van der Waals surface area contributed by atoms with Crippen LogP contribution in [0.4, 0.5) is 0 Å². The van der Waals surface area contributed by atoms with E-state index in [0.29, 0.717) is 13.2 Å². The van der Waals surface area contributed by atoms with Crippen molar-refractivity contribution in [3.8, 4) is 0 Å². The quantitative estimate of drug-likeness (QED) is 0.697. The van der Waals surface area contributed by atoms with Crippen molar-refractivity contribution in [2.24, 2.45) is 5.73 Å². The Morgan fingerprint density at radius 2 is 2.46 bits per heavy atom. The van der Waals surface area contributed by atoms with Gasteiger partial charge in [-0.1, -0.05) is 0 Å². The van der Waals surface area contributed by atoms with Gasteiger partial charge in [-0.2, -0.15) is 0 Å². The summed E-state index contributed by atoms with van der Waals surface area (Å²) in [5.41, 5.74) is 7.68. The molecule has 2 heterocycles. The van der Waals surface area contributed by atoms with Crippen LogP contribution >= 0.6 is 0 Å². The molecule has 0 unspecified atom stereocenters. The van der Waals surface area contributed by atoms with Crippen LogP contribution in [-0.4, -0.2) is 23.1 Å². The second-order valence-electron chi connectivity index (χ2n) is 3.10. The molecule has 0 radical (unpaired) electrons. The number of hydrogen-bond donors (Lipinski definition) is 1. The van der Waals surface area contributed by atoms with E-state index in [1.807, 2.05) is 6.20 Å². The topological polar surface area (TPSA) is 61.0 Å². The van der Waals surface area contributed by atoms with E-state index >= 15 is 0 Å². The van der Waals surface area contributed by atoms with Crippen LogP contribution in [0.5, 0.6) is 0 Å². The van der Waals surface area contributed by atoms with Gasteiger partial charge in [0.05, 0.1) is 18.9 Å². The van der Waals surface area contributed by atoms with Crippen molar-refractivity contribution in [2.45, 2.75) is 19.4 Å². The summed E-state index contributed by atoms with van der Waals surface area (Å²) >= 11 is 0. The van der Waals surface area contributed by atoms with Crippen LogP contribution in [0.2, 0.25) is 0 Å². The third-order valence-electron chi connectivity index (χ3n) is 2.11. The smallest absolute Gasteiger partial charge is 0.129 e. The Morgan fingerprint density at radius 3 is 3.31 bits per heavy atom. The summed E-state index contributed by atoms with van der Waals surface area (Å²) in [6.45, 7) is 2.03. The first-order chi connectivity index (χ1) is 6.40. The molecule has 70 valence electrons. The van der Waals surface area contributed by atoms with E-state index in [2.05, 4.69) is 9.97 Å². The first kappa shape index (κ1) is 8.59. The van der Waals surface area contributed by atoms with Gasteiger partial charge < -0.3 is 10.5 Å². The largest absolute Gasteiger partial charge is 0.376 e. The fourth-order valence-corrected chi connectivity index (χ4v) is 1.42. The molecule has 0 spiro atoms. The lowest BCUT2D eigenvalue weighted by molar-refractivity contribution is 0.108. The van der Waals surface area contributed by atoms with E-state index in [9.17, 15) is 0 Å². The maximum Gasteiger partial charge on any atom is 0.129 e. The minimum atomic E-state index is 0.606. The zero-order valence-corrected chi connectivity index (χ0v) is 7.49. The summed E-state index contributed by atoms with van der Waals surface area (Å²) in [5, 5.41) is 0. The second kappa shape index (κ2) is 3.81.